The Bertz CT molecular complexity index is 610. The number of anilines is 1. The van der Waals surface area contributed by atoms with Gasteiger partial charge < -0.3 is 10.8 Å². The minimum absolute atomic E-state index is 0.227. The van der Waals surface area contributed by atoms with Crippen LogP contribution in [0.4, 0.5) is 5.82 Å². The Hall–Kier alpha value is -1.76. The van der Waals surface area contributed by atoms with E-state index in [0.717, 1.165) is 56.0 Å². The molecule has 1 aromatic carbocycles. The van der Waals surface area contributed by atoms with E-state index in [2.05, 4.69) is 19.8 Å². The van der Waals surface area contributed by atoms with Crippen molar-refractivity contribution in [3.8, 4) is 0 Å². The van der Waals surface area contributed by atoms with Crippen LogP contribution in [0.15, 0.2) is 24.3 Å². The van der Waals surface area contributed by atoms with Gasteiger partial charge in [-0.25, -0.2) is 9.97 Å². The topological polar surface area (TPSA) is 78.5 Å². The number of aromatic nitrogens is 2. The predicted octanol–water partition coefficient (Wildman–Crippen LogP) is 0.322. The molecule has 1 aliphatic rings. The number of hydrogen-bond donors (Lipinski definition) is 2. The predicted molar refractivity (Wildman–Crippen MR) is 82.8 cm³/mol. The molecule has 112 valence electrons. The Balaban J connectivity index is 1.68. The molecule has 6 heteroatoms. The summed E-state index contributed by atoms with van der Waals surface area (Å²) in [6, 6.07) is 7.83. The Morgan fingerprint density at radius 3 is 2.52 bits per heavy atom. The molecule has 3 rings (SSSR count). The molecular weight excluding hydrogens is 266 g/mol. The molecule has 1 aliphatic heterocycles. The number of β-amino-alcohol motifs (C(OH)–C–C–N with tert-alkyl or cyclic N) is 1. The lowest BCUT2D eigenvalue weighted by Crippen LogP contribution is -2.46. The van der Waals surface area contributed by atoms with E-state index in [1.165, 1.54) is 0 Å². The van der Waals surface area contributed by atoms with E-state index in [4.69, 9.17) is 10.8 Å². The highest BCUT2D eigenvalue weighted by Crippen LogP contribution is 2.18. The first-order valence-corrected chi connectivity index (χ1v) is 7.33. The second-order valence-corrected chi connectivity index (χ2v) is 5.38. The molecule has 1 fully saturated rings. The van der Waals surface area contributed by atoms with Crippen LogP contribution in [0.3, 0.4) is 0 Å². The highest BCUT2D eigenvalue weighted by Gasteiger charge is 2.17. The lowest BCUT2D eigenvalue weighted by Gasteiger charge is -2.33. The van der Waals surface area contributed by atoms with Crippen molar-refractivity contribution in [2.45, 2.75) is 6.54 Å². The number of piperazine rings is 1. The molecule has 6 nitrogen and oxygen atoms in total. The first-order chi connectivity index (χ1) is 10.3. The third kappa shape index (κ3) is 3.29. The van der Waals surface area contributed by atoms with Gasteiger partial charge in [-0.2, -0.15) is 0 Å². The lowest BCUT2D eigenvalue weighted by molar-refractivity contribution is 0.107. The van der Waals surface area contributed by atoms with Crippen LogP contribution in [0.2, 0.25) is 0 Å². The summed E-state index contributed by atoms with van der Waals surface area (Å²) in [7, 11) is 0. The summed E-state index contributed by atoms with van der Waals surface area (Å²) in [4.78, 5) is 13.6. The summed E-state index contributed by atoms with van der Waals surface area (Å²) >= 11 is 0. The molecular formula is C15H21N5O. The number of nitrogens with zero attached hydrogens (tertiary/aromatic N) is 4. The number of aliphatic hydroxyl groups is 1. The average molecular weight is 287 g/mol. The maximum atomic E-state index is 8.96. The van der Waals surface area contributed by atoms with Gasteiger partial charge in [0.05, 0.1) is 18.7 Å². The van der Waals surface area contributed by atoms with Gasteiger partial charge in [0.15, 0.2) is 0 Å². The maximum absolute atomic E-state index is 8.96. The van der Waals surface area contributed by atoms with Crippen molar-refractivity contribution >= 4 is 16.7 Å². The van der Waals surface area contributed by atoms with Crippen LogP contribution >= 0.6 is 0 Å². The standard InChI is InChI=1S/C15H21N5O/c16-15-12-3-1-2-4-13(12)17-14(18-15)11-20-7-5-19(6-8-20)9-10-21/h1-4,21H,5-11H2,(H2,16,17,18). The first kappa shape index (κ1) is 14.2. The third-order valence-corrected chi connectivity index (χ3v) is 3.93. The second-order valence-electron chi connectivity index (χ2n) is 5.38. The van der Waals surface area contributed by atoms with Crippen LogP contribution in [0, 0.1) is 0 Å². The van der Waals surface area contributed by atoms with Gasteiger partial charge in [-0.3, -0.25) is 9.80 Å². The van der Waals surface area contributed by atoms with Crippen LogP contribution < -0.4 is 5.73 Å². The fraction of sp³-hybridized carbons (Fsp3) is 0.467. The highest BCUT2D eigenvalue weighted by atomic mass is 16.3. The number of fused-ring (bicyclic) bond motifs is 1. The Morgan fingerprint density at radius 1 is 1.05 bits per heavy atom. The molecule has 2 aromatic rings. The van der Waals surface area contributed by atoms with Gasteiger partial charge in [-0.1, -0.05) is 12.1 Å². The summed E-state index contributed by atoms with van der Waals surface area (Å²) in [5.74, 6) is 1.33. The van der Waals surface area contributed by atoms with Crippen molar-refractivity contribution in [3.05, 3.63) is 30.1 Å². The van der Waals surface area contributed by atoms with Gasteiger partial charge in [0, 0.05) is 38.1 Å². The molecule has 0 bridgehead atoms. The summed E-state index contributed by atoms with van der Waals surface area (Å²) in [5.41, 5.74) is 6.92. The van der Waals surface area contributed by atoms with Gasteiger partial charge >= 0.3 is 0 Å². The molecule has 21 heavy (non-hydrogen) atoms. The Morgan fingerprint density at radius 2 is 1.76 bits per heavy atom. The zero-order chi connectivity index (χ0) is 14.7. The largest absolute Gasteiger partial charge is 0.395 e. The Kier molecular flexibility index (Phi) is 4.28. The van der Waals surface area contributed by atoms with E-state index in [0.29, 0.717) is 5.82 Å². The maximum Gasteiger partial charge on any atom is 0.145 e. The van der Waals surface area contributed by atoms with Gasteiger partial charge in [-0.15, -0.1) is 0 Å². The fourth-order valence-corrected chi connectivity index (χ4v) is 2.73. The van der Waals surface area contributed by atoms with Crippen molar-refractivity contribution in [1.82, 2.24) is 19.8 Å². The van der Waals surface area contributed by atoms with Crippen molar-refractivity contribution in [1.29, 1.82) is 0 Å². The molecule has 0 unspecified atom stereocenters. The van der Waals surface area contributed by atoms with E-state index < -0.39 is 0 Å². The van der Waals surface area contributed by atoms with E-state index in [-0.39, 0.29) is 6.61 Å². The minimum atomic E-state index is 0.227. The van der Waals surface area contributed by atoms with Crippen molar-refractivity contribution in [2.75, 3.05) is 45.1 Å². The van der Waals surface area contributed by atoms with Gasteiger partial charge in [-0.05, 0) is 12.1 Å². The van der Waals surface area contributed by atoms with Crippen molar-refractivity contribution in [3.63, 3.8) is 0 Å². The van der Waals surface area contributed by atoms with Crippen LogP contribution in [0.5, 0.6) is 0 Å². The molecule has 1 aromatic heterocycles. The average Bonchev–Trinajstić information content (AvgIpc) is 2.50. The van der Waals surface area contributed by atoms with Gasteiger partial charge in [0.1, 0.15) is 11.6 Å². The van der Waals surface area contributed by atoms with E-state index >= 15 is 0 Å². The number of aliphatic hydroxyl groups excluding tert-OH is 1. The highest BCUT2D eigenvalue weighted by molar-refractivity contribution is 5.87. The Labute approximate surface area is 124 Å². The smallest absolute Gasteiger partial charge is 0.145 e. The van der Waals surface area contributed by atoms with Crippen molar-refractivity contribution in [2.24, 2.45) is 0 Å². The normalized spacial score (nSPS) is 17.4. The van der Waals surface area contributed by atoms with E-state index in [9.17, 15) is 0 Å². The molecule has 0 atom stereocenters. The van der Waals surface area contributed by atoms with E-state index in [1.54, 1.807) is 0 Å². The minimum Gasteiger partial charge on any atom is -0.395 e. The molecule has 3 N–H and O–H groups in total. The molecule has 0 radical (unpaired) electrons. The summed E-state index contributed by atoms with van der Waals surface area (Å²) in [6.45, 7) is 5.60. The number of hydrogen-bond acceptors (Lipinski definition) is 6. The van der Waals surface area contributed by atoms with Crippen LogP contribution in [-0.4, -0.2) is 64.2 Å². The SMILES string of the molecule is Nc1nc(CN2CCN(CCO)CC2)nc2ccccc12. The molecule has 0 aliphatic carbocycles. The summed E-state index contributed by atoms with van der Waals surface area (Å²) < 4.78 is 0. The van der Waals surface area contributed by atoms with Crippen LogP contribution in [0.25, 0.3) is 10.9 Å². The first-order valence-electron chi connectivity index (χ1n) is 7.33. The summed E-state index contributed by atoms with van der Waals surface area (Å²) in [5, 5.41) is 9.87. The zero-order valence-electron chi connectivity index (χ0n) is 12.1. The number of nitrogens with two attached hydrogens (primary N) is 1. The fourth-order valence-electron chi connectivity index (χ4n) is 2.73. The zero-order valence-corrected chi connectivity index (χ0v) is 12.1. The molecule has 0 spiro atoms. The van der Waals surface area contributed by atoms with Crippen molar-refractivity contribution < 1.29 is 5.11 Å². The molecule has 1 saturated heterocycles. The lowest BCUT2D eigenvalue weighted by atomic mass is 10.2. The molecule has 0 amide bonds. The third-order valence-electron chi connectivity index (χ3n) is 3.93. The summed E-state index contributed by atoms with van der Waals surface area (Å²) in [6.07, 6.45) is 0. The van der Waals surface area contributed by atoms with Gasteiger partial charge in [0.25, 0.3) is 0 Å². The van der Waals surface area contributed by atoms with E-state index in [1.807, 2.05) is 24.3 Å². The number of para-hydroxylation sites is 1. The quantitative estimate of drug-likeness (QED) is 0.843. The van der Waals surface area contributed by atoms with Crippen LogP contribution in [-0.2, 0) is 6.54 Å². The number of benzene rings is 1. The molecule has 2 heterocycles. The van der Waals surface area contributed by atoms with Crippen LogP contribution in [0.1, 0.15) is 5.82 Å². The number of nitrogen functional groups attached to an aromatic ring is 1. The second kappa shape index (κ2) is 6.34. The number of rotatable bonds is 4. The molecule has 0 saturated carbocycles. The van der Waals surface area contributed by atoms with Gasteiger partial charge in [0.2, 0.25) is 0 Å². The monoisotopic (exact) mass is 287 g/mol.